The summed E-state index contributed by atoms with van der Waals surface area (Å²) in [6.45, 7) is 1.96. The largest absolute Gasteiger partial charge is 0.322 e. The van der Waals surface area contributed by atoms with E-state index in [9.17, 15) is 4.79 Å². The van der Waals surface area contributed by atoms with Gasteiger partial charge in [-0.15, -0.1) is 5.10 Å². The van der Waals surface area contributed by atoms with Gasteiger partial charge in [-0.25, -0.2) is 9.67 Å². The Morgan fingerprint density at radius 2 is 2.41 bits per heavy atom. The molecule has 2 rings (SSSR count). The molecule has 0 bridgehead atoms. The fraction of sp³-hybridized carbons (Fsp3) is 0.200. The van der Waals surface area contributed by atoms with Crippen molar-refractivity contribution in [2.75, 3.05) is 5.32 Å². The van der Waals surface area contributed by atoms with Crippen LogP contribution in [-0.2, 0) is 11.3 Å². The van der Waals surface area contributed by atoms with Crippen LogP contribution in [0.3, 0.4) is 0 Å². The van der Waals surface area contributed by atoms with Crippen LogP contribution in [0.15, 0.2) is 24.7 Å². The number of aromatic nitrogens is 4. The highest BCUT2D eigenvalue weighted by Crippen LogP contribution is 2.19. The lowest BCUT2D eigenvalue weighted by atomic mass is 10.3. The second kappa shape index (κ2) is 4.92. The Balaban J connectivity index is 2.05. The monoisotopic (exact) mass is 251 g/mol. The Morgan fingerprint density at radius 3 is 3.12 bits per heavy atom. The van der Waals surface area contributed by atoms with E-state index in [1.807, 2.05) is 6.92 Å². The third-order valence-electron chi connectivity index (χ3n) is 2.03. The number of pyridine rings is 1. The van der Waals surface area contributed by atoms with Crippen LogP contribution in [0.2, 0.25) is 5.15 Å². The van der Waals surface area contributed by atoms with Crippen LogP contribution in [-0.4, -0.2) is 25.9 Å². The predicted octanol–water partition coefficient (Wildman–Crippen LogP) is 1.27. The first-order chi connectivity index (χ1) is 8.15. The van der Waals surface area contributed by atoms with Gasteiger partial charge in [-0.05, 0) is 18.6 Å². The maximum atomic E-state index is 11.7. The van der Waals surface area contributed by atoms with Gasteiger partial charge >= 0.3 is 0 Å². The van der Waals surface area contributed by atoms with E-state index in [0.717, 1.165) is 5.56 Å². The van der Waals surface area contributed by atoms with E-state index in [0.29, 0.717) is 5.69 Å². The number of nitrogens with one attached hydrogen (secondary N) is 1. The second-order valence-electron chi connectivity index (χ2n) is 3.50. The molecule has 2 aromatic heterocycles. The molecule has 17 heavy (non-hydrogen) atoms. The second-order valence-corrected chi connectivity index (χ2v) is 3.86. The molecule has 1 N–H and O–H groups in total. The molecule has 0 aliphatic carbocycles. The van der Waals surface area contributed by atoms with Gasteiger partial charge in [0.2, 0.25) is 5.91 Å². The van der Waals surface area contributed by atoms with Gasteiger partial charge in [-0.2, -0.15) is 0 Å². The van der Waals surface area contributed by atoms with E-state index in [-0.39, 0.29) is 17.6 Å². The van der Waals surface area contributed by atoms with E-state index in [1.165, 1.54) is 10.9 Å². The molecule has 7 heteroatoms. The van der Waals surface area contributed by atoms with Crippen molar-refractivity contribution >= 4 is 23.2 Å². The number of carbonyl (C=O) groups excluding carboxylic acids is 1. The number of halogens is 1. The Hall–Kier alpha value is -1.95. The standard InChI is InChI=1S/C10H10ClN5O/c1-7-4-8(10(11)12-5-7)14-9(17)6-16-3-2-13-15-16/h2-5H,6H2,1H3,(H,14,17). The van der Waals surface area contributed by atoms with Gasteiger partial charge in [0, 0.05) is 12.4 Å². The van der Waals surface area contributed by atoms with Crippen LogP contribution < -0.4 is 5.32 Å². The smallest absolute Gasteiger partial charge is 0.246 e. The minimum atomic E-state index is -0.232. The molecular formula is C10H10ClN5O. The third kappa shape index (κ3) is 3.01. The van der Waals surface area contributed by atoms with Gasteiger partial charge in [0.1, 0.15) is 6.54 Å². The Morgan fingerprint density at radius 1 is 1.59 bits per heavy atom. The van der Waals surface area contributed by atoms with Crippen molar-refractivity contribution in [1.29, 1.82) is 0 Å². The van der Waals surface area contributed by atoms with E-state index in [4.69, 9.17) is 11.6 Å². The average Bonchev–Trinajstić information content (AvgIpc) is 2.76. The van der Waals surface area contributed by atoms with Crippen LogP contribution in [0.25, 0.3) is 0 Å². The van der Waals surface area contributed by atoms with Gasteiger partial charge in [-0.1, -0.05) is 16.8 Å². The van der Waals surface area contributed by atoms with Crippen LogP contribution >= 0.6 is 11.6 Å². The molecule has 0 aliphatic rings. The summed E-state index contributed by atoms with van der Waals surface area (Å²) in [7, 11) is 0. The Bertz CT molecular complexity index is 525. The number of hydrogen-bond acceptors (Lipinski definition) is 4. The van der Waals surface area contributed by atoms with Crippen molar-refractivity contribution in [2.24, 2.45) is 0 Å². The molecule has 0 fully saturated rings. The zero-order chi connectivity index (χ0) is 12.3. The zero-order valence-electron chi connectivity index (χ0n) is 9.09. The number of amides is 1. The quantitative estimate of drug-likeness (QED) is 0.834. The molecule has 0 saturated heterocycles. The molecule has 0 saturated carbocycles. The molecule has 0 aromatic carbocycles. The summed E-state index contributed by atoms with van der Waals surface area (Å²) >= 11 is 5.86. The number of rotatable bonds is 3. The van der Waals surface area contributed by atoms with Gasteiger partial charge in [0.05, 0.1) is 11.9 Å². The molecular weight excluding hydrogens is 242 g/mol. The first-order valence-corrected chi connectivity index (χ1v) is 5.29. The normalized spacial score (nSPS) is 10.2. The highest BCUT2D eigenvalue weighted by molar-refractivity contribution is 6.32. The van der Waals surface area contributed by atoms with Crippen molar-refractivity contribution in [1.82, 2.24) is 20.0 Å². The third-order valence-corrected chi connectivity index (χ3v) is 2.33. The first kappa shape index (κ1) is 11.5. The fourth-order valence-electron chi connectivity index (χ4n) is 1.29. The lowest BCUT2D eigenvalue weighted by molar-refractivity contribution is -0.116. The minimum absolute atomic E-state index is 0.0876. The molecule has 6 nitrogen and oxygen atoms in total. The fourth-order valence-corrected chi connectivity index (χ4v) is 1.44. The molecule has 0 radical (unpaired) electrons. The van der Waals surface area contributed by atoms with Gasteiger partial charge < -0.3 is 5.32 Å². The lowest BCUT2D eigenvalue weighted by Gasteiger charge is -2.07. The molecule has 0 aliphatic heterocycles. The summed E-state index contributed by atoms with van der Waals surface area (Å²) < 4.78 is 1.42. The Kier molecular flexibility index (Phi) is 3.34. The predicted molar refractivity (Wildman–Crippen MR) is 62.6 cm³/mol. The summed E-state index contributed by atoms with van der Waals surface area (Å²) in [4.78, 5) is 15.6. The van der Waals surface area contributed by atoms with Crippen molar-refractivity contribution in [3.63, 3.8) is 0 Å². The molecule has 2 heterocycles. The van der Waals surface area contributed by atoms with Gasteiger partial charge in [0.15, 0.2) is 5.15 Å². The van der Waals surface area contributed by atoms with Crippen molar-refractivity contribution < 1.29 is 4.79 Å². The highest BCUT2D eigenvalue weighted by Gasteiger charge is 2.07. The van der Waals surface area contributed by atoms with E-state index >= 15 is 0 Å². The molecule has 0 unspecified atom stereocenters. The van der Waals surface area contributed by atoms with Crippen LogP contribution in [0.4, 0.5) is 5.69 Å². The molecule has 0 spiro atoms. The van der Waals surface area contributed by atoms with E-state index < -0.39 is 0 Å². The lowest BCUT2D eigenvalue weighted by Crippen LogP contribution is -2.19. The summed E-state index contributed by atoms with van der Waals surface area (Å²) in [5.74, 6) is -0.232. The molecule has 1 amide bonds. The Labute approximate surface area is 103 Å². The molecule has 0 atom stereocenters. The van der Waals surface area contributed by atoms with Crippen LogP contribution in [0.1, 0.15) is 5.56 Å². The van der Waals surface area contributed by atoms with Crippen molar-refractivity contribution in [2.45, 2.75) is 13.5 Å². The summed E-state index contributed by atoms with van der Waals surface area (Å²) in [5.41, 5.74) is 1.42. The maximum absolute atomic E-state index is 11.7. The number of nitrogens with zero attached hydrogens (tertiary/aromatic N) is 4. The molecule has 88 valence electrons. The van der Waals surface area contributed by atoms with Crippen LogP contribution in [0, 0.1) is 6.92 Å². The van der Waals surface area contributed by atoms with Crippen molar-refractivity contribution in [3.8, 4) is 0 Å². The molecule has 2 aromatic rings. The first-order valence-electron chi connectivity index (χ1n) is 4.91. The maximum Gasteiger partial charge on any atom is 0.246 e. The summed E-state index contributed by atoms with van der Waals surface area (Å²) in [6.07, 6.45) is 4.75. The minimum Gasteiger partial charge on any atom is -0.322 e. The summed E-state index contributed by atoms with van der Waals surface area (Å²) in [6, 6.07) is 1.76. The van der Waals surface area contributed by atoms with E-state index in [2.05, 4.69) is 20.6 Å². The van der Waals surface area contributed by atoms with Gasteiger partial charge in [0.25, 0.3) is 0 Å². The number of aryl methyl sites for hydroxylation is 1. The topological polar surface area (TPSA) is 72.7 Å². The highest BCUT2D eigenvalue weighted by atomic mass is 35.5. The average molecular weight is 252 g/mol. The van der Waals surface area contributed by atoms with Gasteiger partial charge in [-0.3, -0.25) is 4.79 Å². The number of anilines is 1. The van der Waals surface area contributed by atoms with Crippen molar-refractivity contribution in [3.05, 3.63) is 35.4 Å². The number of carbonyl (C=O) groups is 1. The SMILES string of the molecule is Cc1cnc(Cl)c(NC(=O)Cn2ccnn2)c1. The number of hydrogen-bond donors (Lipinski definition) is 1. The van der Waals surface area contributed by atoms with Crippen LogP contribution in [0.5, 0.6) is 0 Å². The summed E-state index contributed by atoms with van der Waals surface area (Å²) in [5, 5.41) is 10.2. The zero-order valence-corrected chi connectivity index (χ0v) is 9.85. The van der Waals surface area contributed by atoms with E-state index in [1.54, 1.807) is 18.5 Å².